The lowest BCUT2D eigenvalue weighted by Gasteiger charge is -2.10. The van der Waals surface area contributed by atoms with Crippen LogP contribution in [0.2, 0.25) is 0 Å². The summed E-state index contributed by atoms with van der Waals surface area (Å²) in [6.45, 7) is 4.59. The van der Waals surface area contributed by atoms with Gasteiger partial charge in [0.1, 0.15) is 0 Å². The molecule has 20 heavy (non-hydrogen) atoms. The van der Waals surface area contributed by atoms with Gasteiger partial charge in [0.2, 0.25) is 0 Å². The van der Waals surface area contributed by atoms with Crippen LogP contribution < -0.4 is 10.6 Å². The molecule has 0 radical (unpaired) electrons. The fourth-order valence-electron chi connectivity index (χ4n) is 2.17. The predicted molar refractivity (Wildman–Crippen MR) is 83.1 cm³/mol. The van der Waals surface area contributed by atoms with Crippen LogP contribution in [-0.2, 0) is 6.54 Å². The molecule has 2 rings (SSSR count). The zero-order valence-electron chi connectivity index (χ0n) is 12.2. The molecule has 2 aromatic rings. The molecule has 3 nitrogen and oxygen atoms in total. The van der Waals surface area contributed by atoms with Crippen molar-refractivity contribution in [3.05, 3.63) is 64.7 Å². The monoisotopic (exact) mass is 268 g/mol. The van der Waals surface area contributed by atoms with Gasteiger partial charge in [-0.05, 0) is 48.7 Å². The van der Waals surface area contributed by atoms with Crippen molar-refractivity contribution >= 4 is 11.6 Å². The molecule has 0 aromatic heterocycles. The lowest BCUT2D eigenvalue weighted by Crippen LogP contribution is -2.23. The van der Waals surface area contributed by atoms with Gasteiger partial charge in [-0.3, -0.25) is 4.79 Å². The lowest BCUT2D eigenvalue weighted by atomic mass is 10.1. The second-order valence-electron chi connectivity index (χ2n) is 4.89. The highest BCUT2D eigenvalue weighted by Crippen LogP contribution is 2.16. The van der Waals surface area contributed by atoms with Gasteiger partial charge in [0, 0.05) is 24.8 Å². The Morgan fingerprint density at radius 2 is 1.80 bits per heavy atom. The number of carbonyl (C=O) groups excluding carboxylic acids is 1. The minimum absolute atomic E-state index is 0.0426. The van der Waals surface area contributed by atoms with Gasteiger partial charge < -0.3 is 10.6 Å². The van der Waals surface area contributed by atoms with E-state index in [2.05, 4.69) is 10.6 Å². The minimum atomic E-state index is -0.0426. The van der Waals surface area contributed by atoms with Crippen LogP contribution in [0.1, 0.15) is 27.0 Å². The van der Waals surface area contributed by atoms with Gasteiger partial charge in [0.05, 0.1) is 0 Å². The number of benzene rings is 2. The fourth-order valence-corrected chi connectivity index (χ4v) is 2.17. The highest BCUT2D eigenvalue weighted by atomic mass is 16.1. The Hall–Kier alpha value is -2.29. The summed E-state index contributed by atoms with van der Waals surface area (Å²) in [6, 6.07) is 13.7. The van der Waals surface area contributed by atoms with Crippen molar-refractivity contribution in [2.45, 2.75) is 20.4 Å². The highest BCUT2D eigenvalue weighted by molar-refractivity contribution is 5.94. The summed E-state index contributed by atoms with van der Waals surface area (Å²) in [6.07, 6.45) is 0. The molecule has 0 aliphatic carbocycles. The van der Waals surface area contributed by atoms with E-state index in [0.29, 0.717) is 12.1 Å². The molecule has 1 amide bonds. The van der Waals surface area contributed by atoms with Gasteiger partial charge in [-0.2, -0.15) is 0 Å². The zero-order chi connectivity index (χ0) is 14.5. The first-order chi connectivity index (χ1) is 9.61. The molecule has 0 aliphatic rings. The molecule has 0 fully saturated rings. The molecule has 0 atom stereocenters. The van der Waals surface area contributed by atoms with E-state index in [1.807, 2.05) is 63.4 Å². The van der Waals surface area contributed by atoms with Crippen LogP contribution >= 0.6 is 0 Å². The minimum Gasteiger partial charge on any atom is -0.388 e. The van der Waals surface area contributed by atoms with Gasteiger partial charge >= 0.3 is 0 Å². The summed E-state index contributed by atoms with van der Waals surface area (Å²) in [5.74, 6) is -0.0426. The van der Waals surface area contributed by atoms with Gasteiger partial charge in [-0.25, -0.2) is 0 Å². The normalized spacial score (nSPS) is 10.2. The Balaban J connectivity index is 2.05. The first kappa shape index (κ1) is 14.1. The van der Waals surface area contributed by atoms with Crippen LogP contribution in [-0.4, -0.2) is 13.0 Å². The van der Waals surface area contributed by atoms with Crippen molar-refractivity contribution in [2.24, 2.45) is 0 Å². The third-order valence-electron chi connectivity index (χ3n) is 3.46. The molecule has 0 heterocycles. The molecule has 2 N–H and O–H groups in total. The number of hydrogen-bond acceptors (Lipinski definition) is 2. The van der Waals surface area contributed by atoms with Crippen molar-refractivity contribution in [1.82, 2.24) is 5.32 Å². The number of aryl methyl sites for hydroxylation is 2. The molecule has 0 unspecified atom stereocenters. The summed E-state index contributed by atoms with van der Waals surface area (Å²) < 4.78 is 0. The number of carbonyl (C=O) groups is 1. The maximum Gasteiger partial charge on any atom is 0.251 e. The predicted octanol–water partition coefficient (Wildman–Crippen LogP) is 3.28. The number of anilines is 1. The molecule has 3 heteroatoms. The van der Waals surface area contributed by atoms with Gasteiger partial charge in [-0.15, -0.1) is 0 Å². The van der Waals surface area contributed by atoms with Crippen LogP contribution in [0.4, 0.5) is 5.69 Å². The molecule has 104 valence electrons. The number of amides is 1. The van der Waals surface area contributed by atoms with Crippen molar-refractivity contribution in [1.29, 1.82) is 0 Å². The highest BCUT2D eigenvalue weighted by Gasteiger charge is 2.07. The molecule has 0 bridgehead atoms. The average Bonchev–Trinajstić information content (AvgIpc) is 2.46. The third-order valence-corrected chi connectivity index (χ3v) is 3.46. The van der Waals surface area contributed by atoms with E-state index in [9.17, 15) is 4.79 Å². The quantitative estimate of drug-likeness (QED) is 0.893. The van der Waals surface area contributed by atoms with Gasteiger partial charge in [-0.1, -0.05) is 24.3 Å². The maximum absolute atomic E-state index is 12.1. The molecule has 0 saturated heterocycles. The molecular formula is C17H20N2O. The molecule has 2 aromatic carbocycles. The Morgan fingerprint density at radius 3 is 2.45 bits per heavy atom. The van der Waals surface area contributed by atoms with Crippen LogP contribution in [0.15, 0.2) is 42.5 Å². The maximum atomic E-state index is 12.1. The Morgan fingerprint density at radius 1 is 1.05 bits per heavy atom. The zero-order valence-corrected chi connectivity index (χ0v) is 12.2. The van der Waals surface area contributed by atoms with Crippen LogP contribution in [0.5, 0.6) is 0 Å². The van der Waals surface area contributed by atoms with E-state index < -0.39 is 0 Å². The first-order valence-corrected chi connectivity index (χ1v) is 6.73. The smallest absolute Gasteiger partial charge is 0.251 e. The summed E-state index contributed by atoms with van der Waals surface area (Å²) >= 11 is 0. The second kappa shape index (κ2) is 6.24. The van der Waals surface area contributed by atoms with Crippen LogP contribution in [0.25, 0.3) is 0 Å². The third kappa shape index (κ3) is 3.18. The SMILES string of the molecule is CNc1ccc(C(=O)NCc2ccccc2C)cc1C. The van der Waals surface area contributed by atoms with E-state index in [4.69, 9.17) is 0 Å². The van der Waals surface area contributed by atoms with E-state index in [-0.39, 0.29) is 5.91 Å². The topological polar surface area (TPSA) is 41.1 Å². The van der Waals surface area contributed by atoms with Crippen molar-refractivity contribution in [3.8, 4) is 0 Å². The van der Waals surface area contributed by atoms with Crippen molar-refractivity contribution in [2.75, 3.05) is 12.4 Å². The number of hydrogen-bond donors (Lipinski definition) is 2. The van der Waals surface area contributed by atoms with Crippen molar-refractivity contribution < 1.29 is 4.79 Å². The van der Waals surface area contributed by atoms with Crippen LogP contribution in [0, 0.1) is 13.8 Å². The molecule has 0 saturated carbocycles. The Kier molecular flexibility index (Phi) is 4.41. The molecule has 0 spiro atoms. The average molecular weight is 268 g/mol. The van der Waals surface area contributed by atoms with Gasteiger partial charge in [0.25, 0.3) is 5.91 Å². The second-order valence-corrected chi connectivity index (χ2v) is 4.89. The summed E-state index contributed by atoms with van der Waals surface area (Å²) in [5.41, 5.74) is 5.13. The van der Waals surface area contributed by atoms with Crippen molar-refractivity contribution in [3.63, 3.8) is 0 Å². The van der Waals surface area contributed by atoms with E-state index in [1.165, 1.54) is 5.56 Å². The van der Waals surface area contributed by atoms with Gasteiger partial charge in [0.15, 0.2) is 0 Å². The largest absolute Gasteiger partial charge is 0.388 e. The Labute approximate surface area is 120 Å². The van der Waals surface area contributed by atoms with E-state index in [0.717, 1.165) is 16.8 Å². The summed E-state index contributed by atoms with van der Waals surface area (Å²) in [7, 11) is 1.88. The Bertz CT molecular complexity index is 620. The summed E-state index contributed by atoms with van der Waals surface area (Å²) in [4.78, 5) is 12.1. The first-order valence-electron chi connectivity index (χ1n) is 6.73. The fraction of sp³-hybridized carbons (Fsp3) is 0.235. The van der Waals surface area contributed by atoms with Crippen LogP contribution in [0.3, 0.4) is 0 Å². The van der Waals surface area contributed by atoms with E-state index in [1.54, 1.807) is 0 Å². The standard InChI is InChI=1S/C17H20N2O/c1-12-6-4-5-7-15(12)11-19-17(20)14-8-9-16(18-3)13(2)10-14/h4-10,18H,11H2,1-3H3,(H,19,20). The molecule has 0 aliphatic heterocycles. The molecular weight excluding hydrogens is 248 g/mol. The lowest BCUT2D eigenvalue weighted by molar-refractivity contribution is 0.0951. The number of rotatable bonds is 4. The summed E-state index contributed by atoms with van der Waals surface area (Å²) in [5, 5.41) is 6.06. The number of nitrogens with one attached hydrogen (secondary N) is 2. The van der Waals surface area contributed by atoms with E-state index >= 15 is 0 Å².